The Morgan fingerprint density at radius 3 is 2.50 bits per heavy atom. The van der Waals surface area contributed by atoms with Crippen molar-refractivity contribution in [3.05, 3.63) is 11.7 Å². The van der Waals surface area contributed by atoms with Gasteiger partial charge < -0.3 is 9.63 Å². The average molecular weight is 224 g/mol. The number of carbonyl (C=O) groups is 1. The average Bonchev–Trinajstić information content (AvgIpc) is 2.60. The van der Waals surface area contributed by atoms with Crippen LogP contribution in [0.5, 0.6) is 0 Å². The third kappa shape index (κ3) is 1.50. The van der Waals surface area contributed by atoms with E-state index in [2.05, 4.69) is 10.1 Å². The number of aliphatic carboxylic acids is 1. The molecule has 5 heteroatoms. The van der Waals surface area contributed by atoms with Gasteiger partial charge in [-0.2, -0.15) is 4.98 Å². The Kier molecular flexibility index (Phi) is 2.29. The van der Waals surface area contributed by atoms with Crippen LogP contribution in [0.25, 0.3) is 0 Å². The minimum Gasteiger partial charge on any atom is -0.481 e. The molecule has 1 heterocycles. The van der Waals surface area contributed by atoms with E-state index in [9.17, 15) is 4.79 Å². The molecule has 1 N–H and O–H groups in total. The molecule has 1 aliphatic rings. The van der Waals surface area contributed by atoms with E-state index in [4.69, 9.17) is 9.63 Å². The Bertz CT molecular complexity index is 423. The fourth-order valence-electron chi connectivity index (χ4n) is 2.17. The molecule has 0 aromatic carbocycles. The normalized spacial score (nSPS) is 27.1. The number of aromatic nitrogens is 2. The summed E-state index contributed by atoms with van der Waals surface area (Å²) in [5, 5.41) is 12.9. The zero-order chi connectivity index (χ0) is 12.1. The lowest BCUT2D eigenvalue weighted by atomic mass is 10.1. The molecule has 88 valence electrons. The molecule has 1 saturated carbocycles. The second kappa shape index (κ2) is 3.30. The van der Waals surface area contributed by atoms with Crippen molar-refractivity contribution in [3.63, 3.8) is 0 Å². The number of carboxylic acid groups (broad SMARTS) is 1. The standard InChI is InChI=1S/C11H16N2O3/c1-5(2)8-12-9(16-13-8)6-7(10(14)15)11(6,3)4/h5-7H,1-4H3,(H,14,15). The molecule has 2 rings (SSSR count). The van der Waals surface area contributed by atoms with Crippen LogP contribution < -0.4 is 0 Å². The van der Waals surface area contributed by atoms with Crippen LogP contribution >= 0.6 is 0 Å². The highest BCUT2D eigenvalue weighted by Crippen LogP contribution is 2.64. The van der Waals surface area contributed by atoms with Gasteiger partial charge in [0, 0.05) is 5.92 Å². The van der Waals surface area contributed by atoms with E-state index in [1.54, 1.807) is 0 Å². The van der Waals surface area contributed by atoms with Crippen LogP contribution in [0.2, 0.25) is 0 Å². The maximum Gasteiger partial charge on any atom is 0.307 e. The predicted octanol–water partition coefficient (Wildman–Crippen LogP) is 2.02. The molecule has 2 atom stereocenters. The molecule has 2 unspecified atom stereocenters. The smallest absolute Gasteiger partial charge is 0.307 e. The van der Waals surface area contributed by atoms with Crippen LogP contribution in [0.4, 0.5) is 0 Å². The van der Waals surface area contributed by atoms with E-state index in [0.29, 0.717) is 11.7 Å². The summed E-state index contributed by atoms with van der Waals surface area (Å²) >= 11 is 0. The van der Waals surface area contributed by atoms with Crippen molar-refractivity contribution >= 4 is 5.97 Å². The molecule has 0 bridgehead atoms. The lowest BCUT2D eigenvalue weighted by Crippen LogP contribution is -2.03. The molecule has 1 aliphatic carbocycles. The molecule has 5 nitrogen and oxygen atoms in total. The maximum absolute atomic E-state index is 11.0. The summed E-state index contributed by atoms with van der Waals surface area (Å²) in [6.07, 6.45) is 0. The van der Waals surface area contributed by atoms with Crippen molar-refractivity contribution in [2.24, 2.45) is 11.3 Å². The summed E-state index contributed by atoms with van der Waals surface area (Å²) in [7, 11) is 0. The summed E-state index contributed by atoms with van der Waals surface area (Å²) in [5.41, 5.74) is -0.285. The van der Waals surface area contributed by atoms with Gasteiger partial charge in [-0.1, -0.05) is 32.9 Å². The van der Waals surface area contributed by atoms with E-state index in [-0.39, 0.29) is 17.3 Å². The van der Waals surface area contributed by atoms with Crippen LogP contribution in [0, 0.1) is 11.3 Å². The number of carboxylic acids is 1. The van der Waals surface area contributed by atoms with Gasteiger partial charge in [0.25, 0.3) is 0 Å². The van der Waals surface area contributed by atoms with Crippen LogP contribution in [0.3, 0.4) is 0 Å². The van der Waals surface area contributed by atoms with Crippen LogP contribution in [0.15, 0.2) is 4.52 Å². The molecule has 0 amide bonds. The molecular formula is C11H16N2O3. The second-order valence-corrected chi connectivity index (χ2v) is 5.26. The van der Waals surface area contributed by atoms with E-state index in [0.717, 1.165) is 0 Å². The van der Waals surface area contributed by atoms with Gasteiger partial charge in [-0.3, -0.25) is 4.79 Å². The third-order valence-corrected chi connectivity index (χ3v) is 3.33. The van der Waals surface area contributed by atoms with Gasteiger partial charge in [0.15, 0.2) is 5.82 Å². The van der Waals surface area contributed by atoms with Gasteiger partial charge in [-0.05, 0) is 5.41 Å². The highest BCUT2D eigenvalue weighted by molar-refractivity contribution is 5.77. The third-order valence-electron chi connectivity index (χ3n) is 3.33. The lowest BCUT2D eigenvalue weighted by Gasteiger charge is -1.96. The van der Waals surface area contributed by atoms with Crippen LogP contribution in [-0.2, 0) is 4.79 Å². The van der Waals surface area contributed by atoms with Gasteiger partial charge >= 0.3 is 5.97 Å². The van der Waals surface area contributed by atoms with Crippen molar-refractivity contribution in [1.29, 1.82) is 0 Å². The Hall–Kier alpha value is -1.39. The monoisotopic (exact) mass is 224 g/mol. The van der Waals surface area contributed by atoms with Crippen LogP contribution in [-0.4, -0.2) is 21.2 Å². The lowest BCUT2D eigenvalue weighted by molar-refractivity contribution is -0.139. The molecule has 0 radical (unpaired) electrons. The highest BCUT2D eigenvalue weighted by Gasteiger charge is 2.65. The van der Waals surface area contributed by atoms with Crippen molar-refractivity contribution in [2.45, 2.75) is 39.5 Å². The van der Waals surface area contributed by atoms with Gasteiger partial charge in [-0.15, -0.1) is 0 Å². The maximum atomic E-state index is 11.0. The Morgan fingerprint density at radius 1 is 1.50 bits per heavy atom. The molecule has 1 fully saturated rings. The summed E-state index contributed by atoms with van der Waals surface area (Å²) in [6, 6.07) is 0. The van der Waals surface area contributed by atoms with Gasteiger partial charge in [0.2, 0.25) is 5.89 Å². The SMILES string of the molecule is CC(C)c1noc(C2C(C(=O)O)C2(C)C)n1. The zero-order valence-electron chi connectivity index (χ0n) is 9.89. The molecular weight excluding hydrogens is 208 g/mol. The van der Waals surface area contributed by atoms with E-state index in [1.165, 1.54) is 0 Å². The predicted molar refractivity (Wildman–Crippen MR) is 56.0 cm³/mol. The van der Waals surface area contributed by atoms with E-state index >= 15 is 0 Å². The number of hydrogen-bond donors (Lipinski definition) is 1. The van der Waals surface area contributed by atoms with Crippen molar-refractivity contribution in [3.8, 4) is 0 Å². The number of nitrogens with zero attached hydrogens (tertiary/aromatic N) is 2. The molecule has 0 aliphatic heterocycles. The molecule has 0 saturated heterocycles. The summed E-state index contributed by atoms with van der Waals surface area (Å²) in [4.78, 5) is 15.3. The Morgan fingerprint density at radius 2 is 2.12 bits per heavy atom. The number of hydrogen-bond acceptors (Lipinski definition) is 4. The minimum absolute atomic E-state index is 0.148. The topological polar surface area (TPSA) is 76.2 Å². The van der Waals surface area contributed by atoms with Crippen molar-refractivity contribution < 1.29 is 14.4 Å². The fraction of sp³-hybridized carbons (Fsp3) is 0.727. The Labute approximate surface area is 93.9 Å². The molecule has 0 spiro atoms. The van der Waals surface area contributed by atoms with E-state index < -0.39 is 11.9 Å². The first-order valence-corrected chi connectivity index (χ1v) is 5.42. The first kappa shape index (κ1) is 11.1. The summed E-state index contributed by atoms with van der Waals surface area (Å²) in [5.74, 6) is -0.0529. The largest absolute Gasteiger partial charge is 0.481 e. The molecule has 1 aromatic rings. The van der Waals surface area contributed by atoms with Crippen molar-refractivity contribution in [1.82, 2.24) is 10.1 Å². The van der Waals surface area contributed by atoms with Gasteiger partial charge in [0.05, 0.1) is 11.8 Å². The first-order valence-electron chi connectivity index (χ1n) is 5.42. The second-order valence-electron chi connectivity index (χ2n) is 5.26. The van der Waals surface area contributed by atoms with Gasteiger partial charge in [0.1, 0.15) is 0 Å². The highest BCUT2D eigenvalue weighted by atomic mass is 16.5. The molecule has 1 aromatic heterocycles. The van der Waals surface area contributed by atoms with E-state index in [1.807, 2.05) is 27.7 Å². The van der Waals surface area contributed by atoms with Crippen molar-refractivity contribution in [2.75, 3.05) is 0 Å². The first-order chi connectivity index (χ1) is 7.35. The fourth-order valence-corrected chi connectivity index (χ4v) is 2.17. The van der Waals surface area contributed by atoms with Crippen LogP contribution in [0.1, 0.15) is 51.2 Å². The quantitative estimate of drug-likeness (QED) is 0.849. The zero-order valence-corrected chi connectivity index (χ0v) is 9.89. The number of rotatable bonds is 3. The minimum atomic E-state index is -0.792. The Balaban J connectivity index is 2.23. The molecule has 16 heavy (non-hydrogen) atoms. The summed E-state index contributed by atoms with van der Waals surface area (Å²) in [6.45, 7) is 7.77. The van der Waals surface area contributed by atoms with Gasteiger partial charge in [-0.25, -0.2) is 0 Å². The summed E-state index contributed by atoms with van der Waals surface area (Å²) < 4.78 is 5.14.